The maximum absolute atomic E-state index is 6.54. The molecule has 2 aliphatic rings. The van der Waals surface area contributed by atoms with Crippen LogP contribution in [0.3, 0.4) is 0 Å². The van der Waals surface area contributed by atoms with Crippen molar-refractivity contribution in [3.8, 4) is 0 Å². The summed E-state index contributed by atoms with van der Waals surface area (Å²) in [5.41, 5.74) is 9.36. The van der Waals surface area contributed by atoms with Crippen molar-refractivity contribution < 1.29 is 0 Å². The molecule has 0 heterocycles. The van der Waals surface area contributed by atoms with Gasteiger partial charge in [0.1, 0.15) is 0 Å². The van der Waals surface area contributed by atoms with E-state index in [2.05, 4.69) is 31.2 Å². The van der Waals surface area contributed by atoms with Gasteiger partial charge in [-0.15, -0.1) is 0 Å². The first kappa shape index (κ1) is 13.2. The van der Waals surface area contributed by atoms with Crippen molar-refractivity contribution in [2.45, 2.75) is 57.9 Å². The van der Waals surface area contributed by atoms with Crippen LogP contribution in [0, 0.1) is 17.8 Å². The third-order valence-corrected chi connectivity index (χ3v) is 5.44. The Morgan fingerprint density at radius 1 is 1.16 bits per heavy atom. The molecular weight excluding hydrogens is 230 g/mol. The number of unbranched alkanes of at least 4 members (excludes halogenated alkanes) is 1. The highest BCUT2D eigenvalue weighted by atomic mass is 14.7. The molecule has 2 aliphatic carbocycles. The van der Waals surface area contributed by atoms with E-state index in [1.165, 1.54) is 56.1 Å². The Labute approximate surface area is 117 Å². The van der Waals surface area contributed by atoms with Gasteiger partial charge in [0.15, 0.2) is 0 Å². The summed E-state index contributed by atoms with van der Waals surface area (Å²) >= 11 is 0. The van der Waals surface area contributed by atoms with Crippen LogP contribution in [0.1, 0.15) is 62.6 Å². The lowest BCUT2D eigenvalue weighted by Gasteiger charge is -2.28. The minimum Gasteiger partial charge on any atom is -0.324 e. The second kappa shape index (κ2) is 5.66. The third kappa shape index (κ3) is 2.72. The van der Waals surface area contributed by atoms with Crippen LogP contribution in [0.15, 0.2) is 24.3 Å². The van der Waals surface area contributed by atoms with Crippen LogP contribution in [-0.2, 0) is 6.42 Å². The van der Waals surface area contributed by atoms with E-state index in [-0.39, 0.29) is 6.04 Å². The number of fused-ring (bicyclic) bond motifs is 2. The lowest BCUT2D eigenvalue weighted by molar-refractivity contribution is 0.284. The van der Waals surface area contributed by atoms with Crippen molar-refractivity contribution in [2.75, 3.05) is 0 Å². The fourth-order valence-corrected chi connectivity index (χ4v) is 4.27. The standard InChI is InChI=1S/C18H27N/c1-2-3-4-13-5-8-15(9-6-13)18(19)17-12-14-7-10-16(17)11-14/h5-6,8-9,14,16-18H,2-4,7,10-12,19H2,1H3. The van der Waals surface area contributed by atoms with E-state index in [1.54, 1.807) is 0 Å². The molecule has 4 unspecified atom stereocenters. The average Bonchev–Trinajstić information content (AvgIpc) is 3.07. The molecule has 2 bridgehead atoms. The van der Waals surface area contributed by atoms with Gasteiger partial charge in [0.25, 0.3) is 0 Å². The zero-order valence-corrected chi connectivity index (χ0v) is 12.1. The Kier molecular flexibility index (Phi) is 3.93. The molecule has 0 amide bonds. The minimum absolute atomic E-state index is 0.274. The van der Waals surface area contributed by atoms with Gasteiger partial charge in [-0.2, -0.15) is 0 Å². The highest BCUT2D eigenvalue weighted by Gasteiger charge is 2.42. The molecule has 2 fully saturated rings. The molecule has 3 rings (SSSR count). The molecule has 1 heteroatoms. The quantitative estimate of drug-likeness (QED) is 0.827. The summed E-state index contributed by atoms with van der Waals surface area (Å²) in [6.07, 6.45) is 9.49. The normalized spacial score (nSPS) is 30.7. The molecule has 0 spiro atoms. The van der Waals surface area contributed by atoms with Gasteiger partial charge in [-0.25, -0.2) is 0 Å². The Morgan fingerprint density at radius 2 is 1.95 bits per heavy atom. The molecule has 2 saturated carbocycles. The van der Waals surface area contributed by atoms with Crippen molar-refractivity contribution in [1.82, 2.24) is 0 Å². The van der Waals surface area contributed by atoms with Crippen LogP contribution in [0.4, 0.5) is 0 Å². The predicted octanol–water partition coefficient (Wildman–Crippen LogP) is 4.47. The van der Waals surface area contributed by atoms with E-state index in [1.807, 2.05) is 0 Å². The molecule has 4 atom stereocenters. The largest absolute Gasteiger partial charge is 0.324 e. The first-order valence-electron chi connectivity index (χ1n) is 8.12. The van der Waals surface area contributed by atoms with E-state index in [9.17, 15) is 0 Å². The van der Waals surface area contributed by atoms with Gasteiger partial charge < -0.3 is 5.73 Å². The van der Waals surface area contributed by atoms with Crippen molar-refractivity contribution in [3.63, 3.8) is 0 Å². The minimum atomic E-state index is 0.274. The van der Waals surface area contributed by atoms with Crippen LogP contribution >= 0.6 is 0 Å². The van der Waals surface area contributed by atoms with E-state index >= 15 is 0 Å². The summed E-state index contributed by atoms with van der Waals surface area (Å²) in [6.45, 7) is 2.25. The van der Waals surface area contributed by atoms with E-state index in [0.717, 1.165) is 17.8 Å². The van der Waals surface area contributed by atoms with E-state index < -0.39 is 0 Å². The summed E-state index contributed by atoms with van der Waals surface area (Å²) < 4.78 is 0. The second-order valence-electron chi connectivity index (χ2n) is 6.71. The van der Waals surface area contributed by atoms with Crippen LogP contribution in [0.2, 0.25) is 0 Å². The molecular formula is C18H27N. The van der Waals surface area contributed by atoms with Crippen LogP contribution in [-0.4, -0.2) is 0 Å². The Morgan fingerprint density at radius 3 is 2.53 bits per heavy atom. The second-order valence-corrected chi connectivity index (χ2v) is 6.71. The van der Waals surface area contributed by atoms with E-state index in [4.69, 9.17) is 5.73 Å². The van der Waals surface area contributed by atoms with Crippen LogP contribution in [0.5, 0.6) is 0 Å². The SMILES string of the molecule is CCCCc1ccc(C(N)C2CC3CCC2C3)cc1. The number of hydrogen-bond acceptors (Lipinski definition) is 1. The van der Waals surface area contributed by atoms with Gasteiger partial charge in [-0.3, -0.25) is 0 Å². The summed E-state index contributed by atoms with van der Waals surface area (Å²) in [6, 6.07) is 9.41. The predicted molar refractivity (Wildman–Crippen MR) is 80.9 cm³/mol. The maximum Gasteiger partial charge on any atom is 0.0326 e. The maximum atomic E-state index is 6.54. The molecule has 0 aromatic heterocycles. The van der Waals surface area contributed by atoms with Gasteiger partial charge in [0, 0.05) is 6.04 Å². The van der Waals surface area contributed by atoms with Gasteiger partial charge in [-0.05, 0) is 61.0 Å². The molecule has 0 saturated heterocycles. The average molecular weight is 257 g/mol. The molecule has 1 nitrogen and oxygen atoms in total. The monoisotopic (exact) mass is 257 g/mol. The zero-order chi connectivity index (χ0) is 13.2. The summed E-state index contributed by atoms with van der Waals surface area (Å²) in [5, 5.41) is 0. The van der Waals surface area contributed by atoms with Gasteiger partial charge in [0.2, 0.25) is 0 Å². The molecule has 1 aromatic rings. The molecule has 2 N–H and O–H groups in total. The number of hydrogen-bond donors (Lipinski definition) is 1. The van der Waals surface area contributed by atoms with Crippen molar-refractivity contribution >= 4 is 0 Å². The molecule has 0 radical (unpaired) electrons. The fraction of sp³-hybridized carbons (Fsp3) is 0.667. The fourth-order valence-electron chi connectivity index (χ4n) is 4.27. The van der Waals surface area contributed by atoms with Crippen LogP contribution < -0.4 is 5.73 Å². The van der Waals surface area contributed by atoms with Crippen molar-refractivity contribution in [1.29, 1.82) is 0 Å². The number of benzene rings is 1. The zero-order valence-electron chi connectivity index (χ0n) is 12.1. The smallest absolute Gasteiger partial charge is 0.0326 e. The van der Waals surface area contributed by atoms with Gasteiger partial charge in [0.05, 0.1) is 0 Å². The topological polar surface area (TPSA) is 26.0 Å². The van der Waals surface area contributed by atoms with Gasteiger partial charge >= 0.3 is 0 Å². The lowest BCUT2D eigenvalue weighted by atomic mass is 9.81. The molecule has 19 heavy (non-hydrogen) atoms. The first-order chi connectivity index (χ1) is 9.28. The molecule has 1 aromatic carbocycles. The number of nitrogens with two attached hydrogens (primary N) is 1. The van der Waals surface area contributed by atoms with Crippen LogP contribution in [0.25, 0.3) is 0 Å². The highest BCUT2D eigenvalue weighted by Crippen LogP contribution is 2.51. The third-order valence-electron chi connectivity index (χ3n) is 5.44. The van der Waals surface area contributed by atoms with Crippen molar-refractivity contribution in [3.05, 3.63) is 35.4 Å². The van der Waals surface area contributed by atoms with Crippen molar-refractivity contribution in [2.24, 2.45) is 23.5 Å². The first-order valence-corrected chi connectivity index (χ1v) is 8.12. The molecule has 104 valence electrons. The summed E-state index contributed by atoms with van der Waals surface area (Å²) in [7, 11) is 0. The Bertz CT molecular complexity index is 408. The summed E-state index contributed by atoms with van der Waals surface area (Å²) in [4.78, 5) is 0. The highest BCUT2D eigenvalue weighted by molar-refractivity contribution is 5.26. The lowest BCUT2D eigenvalue weighted by Crippen LogP contribution is -2.25. The van der Waals surface area contributed by atoms with Gasteiger partial charge in [-0.1, -0.05) is 44.0 Å². The van der Waals surface area contributed by atoms with E-state index in [0.29, 0.717) is 0 Å². The Balaban J connectivity index is 1.65. The number of aryl methyl sites for hydroxylation is 1. The summed E-state index contributed by atoms with van der Waals surface area (Å²) in [5.74, 6) is 2.66. The number of rotatable bonds is 5. The Hall–Kier alpha value is -0.820. The molecule has 0 aliphatic heterocycles.